The zero-order chi connectivity index (χ0) is 19.1. The summed E-state index contributed by atoms with van der Waals surface area (Å²) in [6, 6.07) is 11.0. The van der Waals surface area contributed by atoms with Gasteiger partial charge >= 0.3 is 0 Å². The van der Waals surface area contributed by atoms with Crippen molar-refractivity contribution in [2.24, 2.45) is 5.73 Å². The molecule has 3 aromatic rings. The number of carbonyl (C=O) groups is 2. The van der Waals surface area contributed by atoms with E-state index in [4.69, 9.17) is 10.2 Å². The first kappa shape index (κ1) is 17.5. The molecule has 0 aliphatic carbocycles. The molecule has 2 N–H and O–H groups in total. The van der Waals surface area contributed by atoms with Crippen LogP contribution < -0.4 is 10.6 Å². The van der Waals surface area contributed by atoms with E-state index < -0.39 is 5.92 Å². The van der Waals surface area contributed by atoms with Crippen molar-refractivity contribution in [1.29, 1.82) is 0 Å². The molecule has 1 aliphatic rings. The third-order valence-electron chi connectivity index (χ3n) is 4.88. The fraction of sp³-hybridized carbons (Fsp3) is 0.250. The van der Waals surface area contributed by atoms with E-state index in [0.29, 0.717) is 23.8 Å². The summed E-state index contributed by atoms with van der Waals surface area (Å²) in [6.07, 6.45) is 0.479. The van der Waals surface area contributed by atoms with E-state index in [1.165, 1.54) is 11.3 Å². The minimum absolute atomic E-state index is 0.189. The third kappa shape index (κ3) is 2.94. The highest BCUT2D eigenvalue weighted by Crippen LogP contribution is 2.39. The van der Waals surface area contributed by atoms with Gasteiger partial charge < -0.3 is 15.1 Å². The summed E-state index contributed by atoms with van der Waals surface area (Å²) in [5, 5.41) is 1.93. The first-order valence-corrected chi connectivity index (χ1v) is 9.58. The number of rotatable bonds is 3. The predicted octanol–water partition coefficient (Wildman–Crippen LogP) is 3.72. The van der Waals surface area contributed by atoms with E-state index >= 15 is 0 Å². The Morgan fingerprint density at radius 2 is 2.04 bits per heavy atom. The molecule has 0 radical (unpaired) electrons. The van der Waals surface area contributed by atoms with Crippen LogP contribution in [0.2, 0.25) is 0 Å². The van der Waals surface area contributed by atoms with Gasteiger partial charge in [-0.1, -0.05) is 24.3 Å². The summed E-state index contributed by atoms with van der Waals surface area (Å²) in [5.41, 5.74) is 7.35. The van der Waals surface area contributed by atoms with Crippen molar-refractivity contribution < 1.29 is 14.0 Å². The number of aryl methyl sites for hydroxylation is 1. The van der Waals surface area contributed by atoms with Gasteiger partial charge in [0.15, 0.2) is 5.69 Å². The SMILES string of the molecule is Cc1oc(-c2cccs2)nc1C(=O)N1c2ccccc2[C@H](C(N)=O)C[C@H]1C. The average Bonchev–Trinajstić information content (AvgIpc) is 3.30. The summed E-state index contributed by atoms with van der Waals surface area (Å²) in [5.74, 6) is -0.0924. The Bertz CT molecular complexity index is 1010. The number of nitrogens with two attached hydrogens (primary N) is 1. The van der Waals surface area contributed by atoms with Gasteiger partial charge in [0, 0.05) is 11.7 Å². The first-order chi connectivity index (χ1) is 13.0. The summed E-state index contributed by atoms with van der Waals surface area (Å²) >= 11 is 1.51. The van der Waals surface area contributed by atoms with Crippen molar-refractivity contribution in [3.05, 3.63) is 58.8 Å². The first-order valence-electron chi connectivity index (χ1n) is 8.70. The van der Waals surface area contributed by atoms with Crippen LogP contribution >= 0.6 is 11.3 Å². The summed E-state index contributed by atoms with van der Waals surface area (Å²) in [6.45, 7) is 3.66. The van der Waals surface area contributed by atoms with Crippen LogP contribution in [0.4, 0.5) is 5.69 Å². The van der Waals surface area contributed by atoms with Gasteiger partial charge in [0.1, 0.15) is 5.76 Å². The average molecular weight is 381 g/mol. The van der Waals surface area contributed by atoms with Crippen molar-refractivity contribution in [2.75, 3.05) is 4.90 Å². The molecule has 0 spiro atoms. The molecule has 6 nitrogen and oxygen atoms in total. The molecule has 7 heteroatoms. The number of benzene rings is 1. The summed E-state index contributed by atoms with van der Waals surface area (Å²) < 4.78 is 5.73. The van der Waals surface area contributed by atoms with Gasteiger partial charge in [0.2, 0.25) is 11.8 Å². The maximum absolute atomic E-state index is 13.3. The molecule has 3 heterocycles. The Hall–Kier alpha value is -2.93. The predicted molar refractivity (Wildman–Crippen MR) is 104 cm³/mol. The second kappa shape index (κ2) is 6.66. The lowest BCUT2D eigenvalue weighted by Crippen LogP contribution is -2.45. The van der Waals surface area contributed by atoms with Crippen molar-refractivity contribution in [3.8, 4) is 10.8 Å². The number of thiophene rings is 1. The van der Waals surface area contributed by atoms with Gasteiger partial charge in [-0.3, -0.25) is 9.59 Å². The molecule has 27 heavy (non-hydrogen) atoms. The number of nitrogens with zero attached hydrogens (tertiary/aromatic N) is 2. The van der Waals surface area contributed by atoms with Gasteiger partial charge in [-0.25, -0.2) is 4.98 Å². The minimum Gasteiger partial charge on any atom is -0.440 e. The van der Waals surface area contributed by atoms with Gasteiger partial charge in [-0.15, -0.1) is 11.3 Å². The number of primary amides is 1. The molecule has 4 rings (SSSR count). The highest BCUT2D eigenvalue weighted by atomic mass is 32.1. The van der Waals surface area contributed by atoms with Crippen LogP contribution in [0.3, 0.4) is 0 Å². The molecular weight excluding hydrogens is 362 g/mol. The number of hydrogen-bond donors (Lipinski definition) is 1. The van der Waals surface area contributed by atoms with Crippen molar-refractivity contribution >= 4 is 28.8 Å². The maximum atomic E-state index is 13.3. The lowest BCUT2D eigenvalue weighted by molar-refractivity contribution is -0.119. The molecule has 2 aromatic heterocycles. The Morgan fingerprint density at radius 3 is 2.74 bits per heavy atom. The lowest BCUT2D eigenvalue weighted by atomic mass is 9.85. The molecule has 0 saturated heterocycles. The monoisotopic (exact) mass is 381 g/mol. The van der Waals surface area contributed by atoms with E-state index in [1.54, 1.807) is 11.8 Å². The zero-order valence-corrected chi connectivity index (χ0v) is 15.8. The van der Waals surface area contributed by atoms with E-state index in [2.05, 4.69) is 4.98 Å². The van der Waals surface area contributed by atoms with E-state index in [0.717, 1.165) is 10.4 Å². The van der Waals surface area contributed by atoms with Crippen LogP contribution in [-0.2, 0) is 4.79 Å². The van der Waals surface area contributed by atoms with Gasteiger partial charge in [-0.2, -0.15) is 0 Å². The van der Waals surface area contributed by atoms with Crippen LogP contribution in [0.25, 0.3) is 10.8 Å². The molecule has 1 aromatic carbocycles. The summed E-state index contributed by atoms with van der Waals surface area (Å²) in [4.78, 5) is 32.2. The topological polar surface area (TPSA) is 89.4 Å². The molecule has 0 saturated carbocycles. The number of aromatic nitrogens is 1. The number of hydrogen-bond acceptors (Lipinski definition) is 5. The van der Waals surface area contributed by atoms with E-state index in [-0.39, 0.29) is 23.6 Å². The molecule has 0 unspecified atom stereocenters. The minimum atomic E-state index is -0.402. The normalized spacial score (nSPS) is 19.0. The van der Waals surface area contributed by atoms with E-state index in [1.807, 2.05) is 48.7 Å². The third-order valence-corrected chi connectivity index (χ3v) is 5.74. The zero-order valence-electron chi connectivity index (χ0n) is 15.0. The molecule has 0 fully saturated rings. The lowest BCUT2D eigenvalue weighted by Gasteiger charge is -2.38. The van der Waals surface area contributed by atoms with Gasteiger partial charge in [-0.05, 0) is 43.3 Å². The highest BCUT2D eigenvalue weighted by molar-refractivity contribution is 7.13. The molecule has 0 bridgehead atoms. The number of carbonyl (C=O) groups excluding carboxylic acids is 2. The van der Waals surface area contributed by atoms with Crippen LogP contribution in [0.1, 0.15) is 41.1 Å². The smallest absolute Gasteiger partial charge is 0.280 e. The largest absolute Gasteiger partial charge is 0.440 e. The summed E-state index contributed by atoms with van der Waals surface area (Å²) in [7, 11) is 0. The van der Waals surface area contributed by atoms with E-state index in [9.17, 15) is 9.59 Å². The number of amides is 2. The second-order valence-corrected chi connectivity index (χ2v) is 7.62. The standard InChI is InChI=1S/C20H19N3O3S/c1-11-10-14(18(21)24)13-6-3-4-7-15(13)23(11)20(25)17-12(2)26-19(22-17)16-8-5-9-27-16/h3-9,11,14H,10H2,1-2H3,(H2,21,24)/t11-,14-/m1/s1. The Balaban J connectivity index is 1.76. The Kier molecular flexibility index (Phi) is 4.31. The quantitative estimate of drug-likeness (QED) is 0.749. The number of fused-ring (bicyclic) bond motifs is 1. The van der Waals surface area contributed by atoms with Crippen LogP contribution in [0.5, 0.6) is 0 Å². The number of oxazole rings is 1. The van der Waals surface area contributed by atoms with Gasteiger partial charge in [0.25, 0.3) is 5.91 Å². The second-order valence-electron chi connectivity index (χ2n) is 6.67. The molecule has 2 atom stereocenters. The maximum Gasteiger partial charge on any atom is 0.280 e. The molecule has 138 valence electrons. The van der Waals surface area contributed by atoms with Crippen LogP contribution in [0, 0.1) is 6.92 Å². The fourth-order valence-electron chi connectivity index (χ4n) is 3.61. The van der Waals surface area contributed by atoms with Crippen molar-refractivity contribution in [1.82, 2.24) is 4.98 Å². The Labute approximate surface area is 160 Å². The molecular formula is C20H19N3O3S. The molecule has 2 amide bonds. The highest BCUT2D eigenvalue weighted by Gasteiger charge is 2.37. The van der Waals surface area contributed by atoms with Crippen molar-refractivity contribution in [2.45, 2.75) is 32.2 Å². The van der Waals surface area contributed by atoms with Crippen LogP contribution in [-0.4, -0.2) is 22.8 Å². The molecule has 1 aliphatic heterocycles. The fourth-order valence-corrected chi connectivity index (χ4v) is 4.26. The Morgan fingerprint density at radius 1 is 1.26 bits per heavy atom. The number of anilines is 1. The van der Waals surface area contributed by atoms with Gasteiger partial charge in [0.05, 0.1) is 10.8 Å². The van der Waals surface area contributed by atoms with Crippen LogP contribution in [0.15, 0.2) is 46.2 Å². The number of para-hydroxylation sites is 1. The van der Waals surface area contributed by atoms with Crippen molar-refractivity contribution in [3.63, 3.8) is 0 Å².